The molecule has 0 radical (unpaired) electrons. The zero-order valence-electron chi connectivity index (χ0n) is 10.2. The number of likely N-dealkylation sites (N-methyl/N-ethyl adjacent to an activating group) is 1. The van der Waals surface area contributed by atoms with Gasteiger partial charge in [0.15, 0.2) is 0 Å². The highest BCUT2D eigenvalue weighted by atomic mass is 15.3. The second kappa shape index (κ2) is 6.99. The zero-order chi connectivity index (χ0) is 11.1. The molecule has 0 saturated carbocycles. The van der Waals surface area contributed by atoms with Gasteiger partial charge in [-0.3, -0.25) is 4.90 Å². The molecule has 3 nitrogen and oxygen atoms in total. The van der Waals surface area contributed by atoms with Crippen molar-refractivity contribution < 1.29 is 0 Å². The van der Waals surface area contributed by atoms with Gasteiger partial charge in [-0.1, -0.05) is 13.0 Å². The molecular formula is C12H25N3. The monoisotopic (exact) mass is 211 g/mol. The molecule has 3 heteroatoms. The smallest absolute Gasteiger partial charge is 0.0218 e. The lowest BCUT2D eigenvalue weighted by molar-refractivity contribution is 0.0941. The van der Waals surface area contributed by atoms with E-state index in [1.807, 2.05) is 6.08 Å². The maximum absolute atomic E-state index is 3.70. The van der Waals surface area contributed by atoms with Gasteiger partial charge < -0.3 is 10.2 Å². The minimum atomic E-state index is 0.748. The molecule has 1 aliphatic rings. The standard InChI is InChI=1S/C12H25N3/c1-4-6-13-7-8-15-10-9-14(3)12(5-2)11-15/h4,12-13H,1,5-11H2,2-3H3. The Labute approximate surface area is 94.1 Å². The van der Waals surface area contributed by atoms with Crippen molar-refractivity contribution in [1.29, 1.82) is 0 Å². The number of nitrogens with one attached hydrogen (secondary N) is 1. The first kappa shape index (κ1) is 12.7. The molecule has 0 amide bonds. The van der Waals surface area contributed by atoms with E-state index in [0.29, 0.717) is 0 Å². The summed E-state index contributed by atoms with van der Waals surface area (Å²) in [5.74, 6) is 0. The van der Waals surface area contributed by atoms with Crippen LogP contribution >= 0.6 is 0 Å². The number of nitrogens with zero attached hydrogens (tertiary/aromatic N) is 2. The summed E-state index contributed by atoms with van der Waals surface area (Å²) in [5, 5.41) is 3.35. The van der Waals surface area contributed by atoms with Gasteiger partial charge in [0, 0.05) is 45.3 Å². The van der Waals surface area contributed by atoms with E-state index in [9.17, 15) is 0 Å². The summed E-state index contributed by atoms with van der Waals surface area (Å²) in [4.78, 5) is 5.04. The minimum absolute atomic E-state index is 0.748. The van der Waals surface area contributed by atoms with Crippen LogP contribution in [0, 0.1) is 0 Å². The third kappa shape index (κ3) is 4.33. The summed E-state index contributed by atoms with van der Waals surface area (Å²) in [5.41, 5.74) is 0. The molecule has 0 aliphatic carbocycles. The van der Waals surface area contributed by atoms with E-state index in [1.54, 1.807) is 0 Å². The van der Waals surface area contributed by atoms with Crippen LogP contribution in [0.1, 0.15) is 13.3 Å². The molecule has 88 valence electrons. The van der Waals surface area contributed by atoms with Gasteiger partial charge in [0.1, 0.15) is 0 Å². The molecule has 0 aromatic carbocycles. The van der Waals surface area contributed by atoms with Gasteiger partial charge in [0.25, 0.3) is 0 Å². The topological polar surface area (TPSA) is 18.5 Å². The van der Waals surface area contributed by atoms with Gasteiger partial charge in [-0.05, 0) is 13.5 Å². The van der Waals surface area contributed by atoms with Crippen molar-refractivity contribution in [3.05, 3.63) is 12.7 Å². The Bertz CT molecular complexity index is 182. The molecule has 0 aromatic rings. The van der Waals surface area contributed by atoms with Crippen molar-refractivity contribution in [2.75, 3.05) is 46.3 Å². The molecule has 0 spiro atoms. The Balaban J connectivity index is 2.17. The second-order valence-electron chi connectivity index (χ2n) is 4.34. The second-order valence-corrected chi connectivity index (χ2v) is 4.34. The van der Waals surface area contributed by atoms with E-state index in [-0.39, 0.29) is 0 Å². The number of piperazine rings is 1. The summed E-state index contributed by atoms with van der Waals surface area (Å²) in [6.07, 6.45) is 3.17. The lowest BCUT2D eigenvalue weighted by Gasteiger charge is -2.39. The van der Waals surface area contributed by atoms with Crippen molar-refractivity contribution in [2.24, 2.45) is 0 Å². The van der Waals surface area contributed by atoms with Crippen molar-refractivity contribution in [2.45, 2.75) is 19.4 Å². The van der Waals surface area contributed by atoms with Crippen LogP contribution in [-0.2, 0) is 0 Å². The quantitative estimate of drug-likeness (QED) is 0.517. The Morgan fingerprint density at radius 3 is 2.93 bits per heavy atom. The first-order chi connectivity index (χ1) is 7.27. The Morgan fingerprint density at radius 2 is 2.27 bits per heavy atom. The van der Waals surface area contributed by atoms with E-state index in [0.717, 1.165) is 25.7 Å². The molecule has 1 saturated heterocycles. The Morgan fingerprint density at radius 1 is 1.47 bits per heavy atom. The van der Waals surface area contributed by atoms with Crippen LogP contribution < -0.4 is 5.32 Å². The van der Waals surface area contributed by atoms with E-state index in [4.69, 9.17) is 0 Å². The summed E-state index contributed by atoms with van der Waals surface area (Å²) < 4.78 is 0. The molecule has 1 N–H and O–H groups in total. The normalized spacial score (nSPS) is 24.3. The first-order valence-corrected chi connectivity index (χ1v) is 6.02. The number of rotatable bonds is 6. The van der Waals surface area contributed by atoms with Gasteiger partial charge in [0.05, 0.1) is 0 Å². The van der Waals surface area contributed by atoms with Crippen molar-refractivity contribution in [3.63, 3.8) is 0 Å². The Kier molecular flexibility index (Phi) is 5.91. The van der Waals surface area contributed by atoms with Crippen LogP contribution in [0.5, 0.6) is 0 Å². The highest BCUT2D eigenvalue weighted by Gasteiger charge is 2.21. The summed E-state index contributed by atoms with van der Waals surface area (Å²) in [7, 11) is 2.24. The summed E-state index contributed by atoms with van der Waals surface area (Å²) in [6, 6.07) is 0.748. The molecule has 0 aromatic heterocycles. The number of hydrogen-bond donors (Lipinski definition) is 1. The molecule has 1 atom stereocenters. The fourth-order valence-electron chi connectivity index (χ4n) is 2.10. The summed E-state index contributed by atoms with van der Waals surface area (Å²) in [6.45, 7) is 12.8. The molecule has 15 heavy (non-hydrogen) atoms. The lowest BCUT2D eigenvalue weighted by atomic mass is 10.1. The Hall–Kier alpha value is -0.380. The van der Waals surface area contributed by atoms with Crippen LogP contribution in [-0.4, -0.2) is 62.2 Å². The van der Waals surface area contributed by atoms with E-state index < -0.39 is 0 Å². The van der Waals surface area contributed by atoms with E-state index in [1.165, 1.54) is 26.1 Å². The third-order valence-corrected chi connectivity index (χ3v) is 3.23. The SMILES string of the molecule is C=CCNCCN1CCN(C)C(CC)C1. The van der Waals surface area contributed by atoms with Crippen LogP contribution in [0.25, 0.3) is 0 Å². The van der Waals surface area contributed by atoms with E-state index >= 15 is 0 Å². The van der Waals surface area contributed by atoms with Crippen LogP contribution in [0.4, 0.5) is 0 Å². The van der Waals surface area contributed by atoms with Gasteiger partial charge in [-0.2, -0.15) is 0 Å². The fourth-order valence-corrected chi connectivity index (χ4v) is 2.10. The molecule has 1 heterocycles. The average Bonchev–Trinajstić information content (AvgIpc) is 2.26. The van der Waals surface area contributed by atoms with Gasteiger partial charge in [0.2, 0.25) is 0 Å². The number of hydrogen-bond acceptors (Lipinski definition) is 3. The first-order valence-electron chi connectivity index (χ1n) is 6.02. The average molecular weight is 211 g/mol. The maximum atomic E-state index is 3.70. The maximum Gasteiger partial charge on any atom is 0.0218 e. The predicted octanol–water partition coefficient (Wildman–Crippen LogP) is 0.788. The zero-order valence-corrected chi connectivity index (χ0v) is 10.2. The summed E-state index contributed by atoms with van der Waals surface area (Å²) >= 11 is 0. The fraction of sp³-hybridized carbons (Fsp3) is 0.833. The largest absolute Gasteiger partial charge is 0.312 e. The van der Waals surface area contributed by atoms with Crippen molar-refractivity contribution >= 4 is 0 Å². The van der Waals surface area contributed by atoms with Crippen molar-refractivity contribution in [3.8, 4) is 0 Å². The minimum Gasteiger partial charge on any atom is -0.312 e. The van der Waals surface area contributed by atoms with Crippen LogP contribution in [0.15, 0.2) is 12.7 Å². The van der Waals surface area contributed by atoms with Crippen molar-refractivity contribution in [1.82, 2.24) is 15.1 Å². The molecule has 1 fully saturated rings. The molecule has 1 rings (SSSR count). The van der Waals surface area contributed by atoms with Gasteiger partial charge >= 0.3 is 0 Å². The molecular weight excluding hydrogens is 186 g/mol. The molecule has 0 bridgehead atoms. The van der Waals surface area contributed by atoms with E-state index in [2.05, 4.69) is 35.7 Å². The van der Waals surface area contributed by atoms with Crippen LogP contribution in [0.2, 0.25) is 0 Å². The third-order valence-electron chi connectivity index (χ3n) is 3.23. The highest BCUT2D eigenvalue weighted by molar-refractivity contribution is 4.79. The van der Waals surface area contributed by atoms with Gasteiger partial charge in [-0.25, -0.2) is 0 Å². The van der Waals surface area contributed by atoms with Crippen LogP contribution in [0.3, 0.4) is 0 Å². The van der Waals surface area contributed by atoms with Gasteiger partial charge in [-0.15, -0.1) is 6.58 Å². The lowest BCUT2D eigenvalue weighted by Crippen LogP contribution is -2.52. The predicted molar refractivity (Wildman–Crippen MR) is 66.2 cm³/mol. The molecule has 1 unspecified atom stereocenters. The highest BCUT2D eigenvalue weighted by Crippen LogP contribution is 2.09. The molecule has 1 aliphatic heterocycles.